The van der Waals surface area contributed by atoms with E-state index < -0.39 is 12.1 Å². The van der Waals surface area contributed by atoms with Gasteiger partial charge in [0.2, 0.25) is 0 Å². The molecule has 0 aliphatic carbocycles. The Kier molecular flexibility index (Phi) is 4.11. The van der Waals surface area contributed by atoms with Gasteiger partial charge in [-0.2, -0.15) is 0 Å². The van der Waals surface area contributed by atoms with Crippen molar-refractivity contribution >= 4 is 17.7 Å². The first-order chi connectivity index (χ1) is 7.00. The number of rotatable bonds is 4. The van der Waals surface area contributed by atoms with E-state index in [0.29, 0.717) is 0 Å². The third-order valence-electron chi connectivity index (χ3n) is 1.95. The Morgan fingerprint density at radius 2 is 2.20 bits per heavy atom. The molecule has 0 amide bonds. The lowest BCUT2D eigenvalue weighted by molar-refractivity contribution is 0.0690. The first kappa shape index (κ1) is 12.0. The van der Waals surface area contributed by atoms with Crippen molar-refractivity contribution in [3.63, 3.8) is 0 Å². The van der Waals surface area contributed by atoms with E-state index >= 15 is 0 Å². The average Bonchev–Trinajstić information content (AvgIpc) is 2.18. The lowest BCUT2D eigenvalue weighted by atomic mass is 10.3. The SMILES string of the molecule is CC(O)C(C)Sc1ccnc(C(=O)O)c1. The lowest BCUT2D eigenvalue weighted by Crippen LogP contribution is -2.14. The van der Waals surface area contributed by atoms with Crippen molar-refractivity contribution < 1.29 is 15.0 Å². The summed E-state index contributed by atoms with van der Waals surface area (Å²) in [7, 11) is 0. The van der Waals surface area contributed by atoms with Crippen molar-refractivity contribution in [3.05, 3.63) is 24.0 Å². The molecule has 4 nitrogen and oxygen atoms in total. The van der Waals surface area contributed by atoms with Crippen molar-refractivity contribution in [3.8, 4) is 0 Å². The number of thioether (sulfide) groups is 1. The molecule has 2 N–H and O–H groups in total. The van der Waals surface area contributed by atoms with Gasteiger partial charge in [-0.1, -0.05) is 6.92 Å². The van der Waals surface area contributed by atoms with Crippen LogP contribution < -0.4 is 0 Å². The van der Waals surface area contributed by atoms with Gasteiger partial charge < -0.3 is 10.2 Å². The van der Waals surface area contributed by atoms with E-state index in [1.165, 1.54) is 24.0 Å². The summed E-state index contributed by atoms with van der Waals surface area (Å²) in [6.07, 6.45) is 1.03. The van der Waals surface area contributed by atoms with Crippen molar-refractivity contribution in [1.29, 1.82) is 0 Å². The van der Waals surface area contributed by atoms with Crippen LogP contribution in [-0.2, 0) is 0 Å². The molecule has 0 saturated carbocycles. The monoisotopic (exact) mass is 227 g/mol. The van der Waals surface area contributed by atoms with E-state index in [0.717, 1.165) is 4.90 Å². The van der Waals surface area contributed by atoms with Gasteiger partial charge in [0, 0.05) is 16.3 Å². The highest BCUT2D eigenvalue weighted by molar-refractivity contribution is 8.00. The Morgan fingerprint density at radius 3 is 2.73 bits per heavy atom. The Labute approximate surface area is 92.3 Å². The maximum Gasteiger partial charge on any atom is 0.354 e. The molecule has 1 aromatic rings. The molecule has 1 heterocycles. The third kappa shape index (κ3) is 3.53. The predicted molar refractivity (Wildman–Crippen MR) is 58.2 cm³/mol. The molecule has 0 radical (unpaired) electrons. The highest BCUT2D eigenvalue weighted by Crippen LogP contribution is 2.25. The number of hydrogen-bond donors (Lipinski definition) is 2. The zero-order valence-electron chi connectivity index (χ0n) is 8.54. The topological polar surface area (TPSA) is 70.4 Å². The minimum Gasteiger partial charge on any atom is -0.477 e. The van der Waals surface area contributed by atoms with E-state index in [1.54, 1.807) is 13.0 Å². The quantitative estimate of drug-likeness (QED) is 0.765. The van der Waals surface area contributed by atoms with Crippen LogP contribution in [-0.4, -0.2) is 32.5 Å². The molecule has 0 fully saturated rings. The van der Waals surface area contributed by atoms with E-state index in [9.17, 15) is 9.90 Å². The number of carboxylic acid groups (broad SMARTS) is 1. The lowest BCUT2D eigenvalue weighted by Gasteiger charge is -2.13. The molecule has 0 spiro atoms. The minimum atomic E-state index is -1.04. The third-order valence-corrected chi connectivity index (χ3v) is 3.24. The molecule has 82 valence electrons. The predicted octanol–water partition coefficient (Wildman–Crippen LogP) is 1.64. The number of carboxylic acids is 1. The average molecular weight is 227 g/mol. The molecular formula is C10H13NO3S. The number of aliphatic hydroxyl groups is 1. The van der Waals surface area contributed by atoms with Crippen LogP contribution in [0.15, 0.2) is 23.2 Å². The smallest absolute Gasteiger partial charge is 0.354 e. The maximum absolute atomic E-state index is 10.7. The highest BCUT2D eigenvalue weighted by atomic mass is 32.2. The minimum absolute atomic E-state index is 0.0223. The van der Waals surface area contributed by atoms with Gasteiger partial charge >= 0.3 is 5.97 Å². The van der Waals surface area contributed by atoms with Gasteiger partial charge in [-0.3, -0.25) is 0 Å². The summed E-state index contributed by atoms with van der Waals surface area (Å²) < 4.78 is 0. The zero-order chi connectivity index (χ0) is 11.4. The summed E-state index contributed by atoms with van der Waals surface area (Å²) >= 11 is 1.43. The van der Waals surface area contributed by atoms with Crippen LogP contribution in [0.1, 0.15) is 24.3 Å². The van der Waals surface area contributed by atoms with Crippen molar-refractivity contribution in [2.24, 2.45) is 0 Å². The number of carbonyl (C=O) groups is 1. The second-order valence-electron chi connectivity index (χ2n) is 3.25. The molecule has 1 rings (SSSR count). The number of hydrogen-bond acceptors (Lipinski definition) is 4. The summed E-state index contributed by atoms with van der Waals surface area (Å²) in [5.41, 5.74) is 0.0257. The number of aromatic nitrogens is 1. The summed E-state index contributed by atoms with van der Waals surface area (Å²) in [6, 6.07) is 3.24. The molecule has 1 aromatic heterocycles. The Balaban J connectivity index is 2.78. The normalized spacial score (nSPS) is 14.6. The molecular weight excluding hydrogens is 214 g/mol. The molecule has 2 atom stereocenters. The second-order valence-corrected chi connectivity index (χ2v) is 4.70. The fourth-order valence-electron chi connectivity index (χ4n) is 0.915. The van der Waals surface area contributed by atoms with Gasteiger partial charge in [0.05, 0.1) is 6.10 Å². The molecule has 0 aromatic carbocycles. The van der Waals surface area contributed by atoms with Crippen LogP contribution in [0.4, 0.5) is 0 Å². The van der Waals surface area contributed by atoms with E-state index in [-0.39, 0.29) is 10.9 Å². The Bertz CT molecular complexity index is 354. The molecule has 15 heavy (non-hydrogen) atoms. The van der Waals surface area contributed by atoms with Crippen LogP contribution in [0.3, 0.4) is 0 Å². The first-order valence-corrected chi connectivity index (χ1v) is 5.42. The van der Waals surface area contributed by atoms with Gasteiger partial charge in [-0.25, -0.2) is 9.78 Å². The molecule has 2 unspecified atom stereocenters. The fourth-order valence-corrected chi connectivity index (χ4v) is 1.86. The van der Waals surface area contributed by atoms with Gasteiger partial charge in [0.25, 0.3) is 0 Å². The number of pyridine rings is 1. The fraction of sp³-hybridized carbons (Fsp3) is 0.400. The van der Waals surface area contributed by atoms with Gasteiger partial charge in [-0.05, 0) is 19.1 Å². The van der Waals surface area contributed by atoms with Crippen molar-refractivity contribution in [1.82, 2.24) is 4.98 Å². The molecule has 0 bridgehead atoms. The standard InChI is InChI=1S/C10H13NO3S/c1-6(12)7(2)15-8-3-4-11-9(5-8)10(13)14/h3-7,12H,1-2H3,(H,13,14). The Hall–Kier alpha value is -1.07. The maximum atomic E-state index is 10.7. The summed E-state index contributed by atoms with van der Waals surface area (Å²) in [5, 5.41) is 18.1. The summed E-state index contributed by atoms with van der Waals surface area (Å²) in [4.78, 5) is 15.2. The molecule has 5 heteroatoms. The number of nitrogens with zero attached hydrogens (tertiary/aromatic N) is 1. The summed E-state index contributed by atoms with van der Waals surface area (Å²) in [6.45, 7) is 3.59. The highest BCUT2D eigenvalue weighted by Gasteiger charge is 2.12. The largest absolute Gasteiger partial charge is 0.477 e. The van der Waals surface area contributed by atoms with Crippen molar-refractivity contribution in [2.75, 3.05) is 0 Å². The van der Waals surface area contributed by atoms with E-state index in [2.05, 4.69) is 4.98 Å². The van der Waals surface area contributed by atoms with Crippen molar-refractivity contribution in [2.45, 2.75) is 30.1 Å². The van der Waals surface area contributed by atoms with Gasteiger partial charge in [0.15, 0.2) is 0 Å². The summed E-state index contributed by atoms with van der Waals surface area (Å²) in [5.74, 6) is -1.04. The van der Waals surface area contributed by atoms with E-state index in [1.807, 2.05) is 6.92 Å². The molecule has 0 aliphatic heterocycles. The number of aromatic carboxylic acids is 1. The van der Waals surface area contributed by atoms with Gasteiger partial charge in [-0.15, -0.1) is 11.8 Å². The van der Waals surface area contributed by atoms with Crippen LogP contribution in [0.2, 0.25) is 0 Å². The van der Waals surface area contributed by atoms with Gasteiger partial charge in [0.1, 0.15) is 5.69 Å². The Morgan fingerprint density at radius 1 is 1.53 bits per heavy atom. The van der Waals surface area contributed by atoms with Crippen LogP contribution in [0, 0.1) is 0 Å². The second kappa shape index (κ2) is 5.14. The molecule has 0 aliphatic rings. The zero-order valence-corrected chi connectivity index (χ0v) is 9.36. The molecule has 0 saturated heterocycles. The van der Waals surface area contributed by atoms with Crippen LogP contribution in [0.25, 0.3) is 0 Å². The van der Waals surface area contributed by atoms with Crippen LogP contribution in [0.5, 0.6) is 0 Å². The number of aliphatic hydroxyl groups excluding tert-OH is 1. The van der Waals surface area contributed by atoms with Crippen LogP contribution >= 0.6 is 11.8 Å². The first-order valence-electron chi connectivity index (χ1n) is 4.54. The van der Waals surface area contributed by atoms with E-state index in [4.69, 9.17) is 5.11 Å².